The van der Waals surface area contributed by atoms with Gasteiger partial charge in [0, 0.05) is 30.2 Å². The average molecular weight is 410 g/mol. The Morgan fingerprint density at radius 1 is 1.10 bits per heavy atom. The minimum absolute atomic E-state index is 0. The smallest absolute Gasteiger partial charge is 0.335 e. The van der Waals surface area contributed by atoms with Gasteiger partial charge in [-0.2, -0.15) is 0 Å². The molecule has 5 heteroatoms. The van der Waals surface area contributed by atoms with Crippen molar-refractivity contribution in [3.05, 3.63) is 77.5 Å². The van der Waals surface area contributed by atoms with Gasteiger partial charge >= 0.3 is 5.97 Å². The predicted octanol–water partition coefficient (Wildman–Crippen LogP) is 1.98. The van der Waals surface area contributed by atoms with Crippen LogP contribution in [0.25, 0.3) is 16.5 Å². The maximum absolute atomic E-state index is 11.2. The minimum atomic E-state index is -0.873. The maximum Gasteiger partial charge on any atom is 0.335 e. The highest BCUT2D eigenvalue weighted by atomic mass is 35.5. The van der Waals surface area contributed by atoms with Crippen molar-refractivity contribution in [3.8, 4) is 0 Å². The van der Waals surface area contributed by atoms with Gasteiger partial charge in [-0.15, -0.1) is 0 Å². The second kappa shape index (κ2) is 9.77. The van der Waals surface area contributed by atoms with E-state index in [9.17, 15) is 9.90 Å². The summed E-state index contributed by atoms with van der Waals surface area (Å²) in [6.07, 6.45) is 8.74. The van der Waals surface area contributed by atoms with E-state index in [0.717, 1.165) is 56.2 Å². The summed E-state index contributed by atoms with van der Waals surface area (Å²) in [6, 6.07) is 15.9. The first-order chi connectivity index (χ1) is 13.7. The van der Waals surface area contributed by atoms with Crippen LogP contribution >= 0.6 is 0 Å². The Bertz CT molecular complexity index is 995. The summed E-state index contributed by atoms with van der Waals surface area (Å²) in [7, 11) is 0. The Hall–Kier alpha value is -2.56. The lowest BCUT2D eigenvalue weighted by molar-refractivity contribution is -0.0000211. The molecule has 1 aliphatic heterocycles. The summed E-state index contributed by atoms with van der Waals surface area (Å²) < 4.78 is 0. The highest BCUT2D eigenvalue weighted by Crippen LogP contribution is 2.23. The first-order valence-electron chi connectivity index (χ1n) is 10.0. The molecule has 0 atom stereocenters. The van der Waals surface area contributed by atoms with E-state index in [1.807, 2.05) is 12.3 Å². The molecule has 0 amide bonds. The van der Waals surface area contributed by atoms with Crippen LogP contribution in [0, 0.1) is 0 Å². The number of aromatic amines is 1. The van der Waals surface area contributed by atoms with Crippen LogP contribution in [0.5, 0.6) is 0 Å². The van der Waals surface area contributed by atoms with E-state index in [4.69, 9.17) is 0 Å². The van der Waals surface area contributed by atoms with Crippen molar-refractivity contribution in [2.45, 2.75) is 25.7 Å². The normalized spacial score (nSPS) is 14.4. The highest BCUT2D eigenvalue weighted by molar-refractivity contribution is 5.94. The lowest BCUT2D eigenvalue weighted by atomic mass is 9.99. The third kappa shape index (κ3) is 5.08. The second-order valence-electron chi connectivity index (χ2n) is 7.48. The molecular formula is C24H26ClN2O2-. The first-order valence-corrected chi connectivity index (χ1v) is 10.0. The lowest BCUT2D eigenvalue weighted by Gasteiger charge is -2.26. The number of carboxylic acids is 1. The van der Waals surface area contributed by atoms with Crippen LogP contribution in [0.4, 0.5) is 0 Å². The number of nitrogens with one attached hydrogen (secondary N) is 1. The van der Waals surface area contributed by atoms with E-state index >= 15 is 0 Å². The van der Waals surface area contributed by atoms with Crippen molar-refractivity contribution >= 4 is 22.4 Å². The van der Waals surface area contributed by atoms with Gasteiger partial charge in [0.2, 0.25) is 0 Å². The van der Waals surface area contributed by atoms with Crippen molar-refractivity contribution in [3.63, 3.8) is 0 Å². The first kappa shape index (κ1) is 21.2. The van der Waals surface area contributed by atoms with Gasteiger partial charge in [0.05, 0.1) is 5.56 Å². The molecule has 3 aromatic rings. The van der Waals surface area contributed by atoms with Gasteiger partial charge in [-0.25, -0.2) is 4.79 Å². The summed E-state index contributed by atoms with van der Waals surface area (Å²) in [5, 5.41) is 10.2. The van der Waals surface area contributed by atoms with Crippen molar-refractivity contribution < 1.29 is 22.3 Å². The number of H-pyrrole nitrogens is 1. The molecule has 4 nitrogen and oxygen atoms in total. The molecular weight excluding hydrogens is 384 g/mol. The average Bonchev–Trinajstić information content (AvgIpc) is 3.14. The minimum Gasteiger partial charge on any atom is -1.00 e. The molecule has 0 aliphatic carbocycles. The van der Waals surface area contributed by atoms with Crippen molar-refractivity contribution in [1.82, 2.24) is 9.88 Å². The molecule has 0 unspecified atom stereocenters. The molecule has 0 fully saturated rings. The van der Waals surface area contributed by atoms with Gasteiger partial charge in [-0.3, -0.25) is 4.90 Å². The summed E-state index contributed by atoms with van der Waals surface area (Å²) in [4.78, 5) is 17.0. The number of hydrogen-bond donors (Lipinski definition) is 2. The Kier molecular flexibility index (Phi) is 7.13. The fourth-order valence-corrected chi connectivity index (χ4v) is 4.00. The van der Waals surface area contributed by atoms with Gasteiger partial charge in [0.25, 0.3) is 0 Å². The molecule has 0 bridgehead atoms. The third-order valence-electron chi connectivity index (χ3n) is 5.62. The van der Waals surface area contributed by atoms with Gasteiger partial charge in [-0.05, 0) is 67.1 Å². The van der Waals surface area contributed by atoms with Crippen LogP contribution in [0.1, 0.15) is 40.7 Å². The van der Waals surface area contributed by atoms with E-state index in [1.54, 1.807) is 12.1 Å². The van der Waals surface area contributed by atoms with Crippen LogP contribution in [0.15, 0.2) is 60.8 Å². The molecule has 29 heavy (non-hydrogen) atoms. The standard InChI is InChI=1S/C24H26N2O2.ClH/c27-24(28)20-9-10-23-22(16-20)21(17-25-23)8-4-5-13-26-14-11-19(12-15-26)18-6-2-1-3-7-18;/h1-3,6-7,9-11,16-17,25H,4-5,8,12-15H2,(H,27,28);1H/p-1. The topological polar surface area (TPSA) is 56.3 Å². The number of hydrogen-bond acceptors (Lipinski definition) is 2. The molecule has 1 aliphatic rings. The molecule has 0 saturated heterocycles. The number of nitrogens with zero attached hydrogens (tertiary/aromatic N) is 1. The maximum atomic E-state index is 11.2. The molecule has 152 valence electrons. The van der Waals surface area contributed by atoms with E-state index in [-0.39, 0.29) is 12.4 Å². The van der Waals surface area contributed by atoms with E-state index in [1.165, 1.54) is 16.7 Å². The Balaban J connectivity index is 0.00000240. The number of aromatic nitrogens is 1. The summed E-state index contributed by atoms with van der Waals surface area (Å²) in [5.74, 6) is -0.873. The van der Waals surface area contributed by atoms with Crippen LogP contribution < -0.4 is 12.4 Å². The molecule has 2 N–H and O–H groups in total. The number of carboxylic acid groups (broad SMARTS) is 1. The molecule has 2 aromatic carbocycles. The lowest BCUT2D eigenvalue weighted by Crippen LogP contribution is -3.00. The highest BCUT2D eigenvalue weighted by Gasteiger charge is 2.13. The number of aromatic carboxylic acids is 1. The summed E-state index contributed by atoms with van der Waals surface area (Å²) in [6.45, 7) is 3.26. The summed E-state index contributed by atoms with van der Waals surface area (Å²) in [5.41, 5.74) is 5.38. The summed E-state index contributed by atoms with van der Waals surface area (Å²) >= 11 is 0. The number of aryl methyl sites for hydroxylation is 1. The number of carbonyl (C=O) groups is 1. The van der Waals surface area contributed by atoms with E-state index in [2.05, 4.69) is 46.3 Å². The largest absolute Gasteiger partial charge is 1.00 e. The number of halogens is 1. The van der Waals surface area contributed by atoms with E-state index in [0.29, 0.717) is 5.56 Å². The number of rotatable bonds is 7. The SMILES string of the molecule is O=C(O)c1ccc2[nH]cc(CCCCN3CC=C(c4ccccc4)CC3)c2c1.[Cl-]. The molecule has 4 rings (SSSR count). The van der Waals surface area contributed by atoms with Gasteiger partial charge in [-0.1, -0.05) is 36.4 Å². The van der Waals surface area contributed by atoms with Crippen molar-refractivity contribution in [2.75, 3.05) is 19.6 Å². The Morgan fingerprint density at radius 2 is 1.93 bits per heavy atom. The molecule has 0 radical (unpaired) electrons. The quantitative estimate of drug-likeness (QED) is 0.587. The number of fused-ring (bicyclic) bond motifs is 1. The second-order valence-corrected chi connectivity index (χ2v) is 7.48. The number of benzene rings is 2. The zero-order valence-electron chi connectivity index (χ0n) is 16.4. The fraction of sp³-hybridized carbons (Fsp3) is 0.292. The van der Waals surface area contributed by atoms with Gasteiger partial charge < -0.3 is 22.5 Å². The monoisotopic (exact) mass is 409 g/mol. The van der Waals surface area contributed by atoms with Crippen LogP contribution in [0.2, 0.25) is 0 Å². The van der Waals surface area contributed by atoms with Gasteiger partial charge in [0.1, 0.15) is 0 Å². The fourth-order valence-electron chi connectivity index (χ4n) is 4.00. The van der Waals surface area contributed by atoms with Crippen molar-refractivity contribution in [1.29, 1.82) is 0 Å². The van der Waals surface area contributed by atoms with Crippen LogP contribution in [0.3, 0.4) is 0 Å². The van der Waals surface area contributed by atoms with E-state index < -0.39 is 5.97 Å². The third-order valence-corrected chi connectivity index (χ3v) is 5.62. The van der Waals surface area contributed by atoms with Crippen LogP contribution in [-0.2, 0) is 6.42 Å². The van der Waals surface area contributed by atoms with Crippen molar-refractivity contribution in [2.24, 2.45) is 0 Å². The zero-order valence-corrected chi connectivity index (χ0v) is 17.2. The predicted molar refractivity (Wildman–Crippen MR) is 114 cm³/mol. The molecule has 2 heterocycles. The van der Waals surface area contributed by atoms with Crippen LogP contribution in [-0.4, -0.2) is 40.6 Å². The zero-order chi connectivity index (χ0) is 19.3. The molecule has 1 aromatic heterocycles. The Morgan fingerprint density at radius 3 is 2.66 bits per heavy atom. The molecule has 0 saturated carbocycles. The number of unbranched alkanes of at least 4 members (excludes halogenated alkanes) is 1. The van der Waals surface area contributed by atoms with Gasteiger partial charge in [0.15, 0.2) is 0 Å². The Labute approximate surface area is 177 Å². The molecule has 0 spiro atoms.